The first kappa shape index (κ1) is 11.2. The highest BCUT2D eigenvalue weighted by atomic mass is 35.5. The van der Waals surface area contributed by atoms with E-state index < -0.39 is 0 Å². The molecular formula is C9H5ClN4S3. The van der Waals surface area contributed by atoms with Crippen molar-refractivity contribution in [3.63, 3.8) is 0 Å². The number of hydrogen-bond acceptors (Lipinski definition) is 7. The second-order valence-electron chi connectivity index (χ2n) is 3.09. The quantitative estimate of drug-likeness (QED) is 0.784. The minimum atomic E-state index is 0.473. The van der Waals surface area contributed by atoms with Crippen LogP contribution >= 0.6 is 46.0 Å². The predicted octanol–water partition coefficient (Wildman–Crippen LogP) is 3.53. The van der Waals surface area contributed by atoms with Crippen molar-refractivity contribution in [2.75, 3.05) is 5.73 Å². The van der Waals surface area contributed by atoms with Gasteiger partial charge in [-0.25, -0.2) is 4.98 Å². The Kier molecular flexibility index (Phi) is 2.91. The van der Waals surface area contributed by atoms with E-state index in [-0.39, 0.29) is 0 Å². The summed E-state index contributed by atoms with van der Waals surface area (Å²) >= 11 is 10.3. The van der Waals surface area contributed by atoms with Gasteiger partial charge in [0.25, 0.3) is 0 Å². The SMILES string of the molecule is Nc1nnc(Sc2ccnc3sc(Cl)cc23)s1. The topological polar surface area (TPSA) is 64.7 Å². The third-order valence-electron chi connectivity index (χ3n) is 1.98. The fourth-order valence-electron chi connectivity index (χ4n) is 1.33. The summed E-state index contributed by atoms with van der Waals surface area (Å²) in [4.78, 5) is 6.27. The molecule has 0 saturated carbocycles. The third-order valence-corrected chi connectivity index (χ3v) is 5.04. The molecule has 0 spiro atoms. The Hall–Kier alpha value is -0.890. The summed E-state index contributed by atoms with van der Waals surface area (Å²) in [7, 11) is 0. The first-order valence-electron chi connectivity index (χ1n) is 4.53. The number of nitrogen functional groups attached to an aromatic ring is 1. The summed E-state index contributed by atoms with van der Waals surface area (Å²) in [5, 5.41) is 9.28. The molecule has 0 atom stereocenters. The van der Waals surface area contributed by atoms with E-state index in [0.29, 0.717) is 5.13 Å². The fraction of sp³-hybridized carbons (Fsp3) is 0. The van der Waals surface area contributed by atoms with Gasteiger partial charge in [0.2, 0.25) is 5.13 Å². The molecule has 8 heteroatoms. The molecule has 0 bridgehead atoms. The molecule has 0 radical (unpaired) electrons. The van der Waals surface area contributed by atoms with Crippen molar-refractivity contribution in [1.82, 2.24) is 15.2 Å². The van der Waals surface area contributed by atoms with Gasteiger partial charge in [-0.15, -0.1) is 21.5 Å². The Bertz CT molecular complexity index is 678. The van der Waals surface area contributed by atoms with Gasteiger partial charge in [0.05, 0.1) is 4.34 Å². The van der Waals surface area contributed by atoms with Crippen LogP contribution in [0.1, 0.15) is 0 Å². The maximum atomic E-state index is 5.99. The lowest BCUT2D eigenvalue weighted by atomic mass is 10.3. The van der Waals surface area contributed by atoms with Crippen LogP contribution in [0, 0.1) is 0 Å². The summed E-state index contributed by atoms with van der Waals surface area (Å²) < 4.78 is 1.55. The lowest BCUT2D eigenvalue weighted by Crippen LogP contribution is -1.80. The Morgan fingerprint density at radius 1 is 1.29 bits per heavy atom. The zero-order valence-corrected chi connectivity index (χ0v) is 11.5. The predicted molar refractivity (Wildman–Crippen MR) is 73.1 cm³/mol. The Labute approximate surface area is 114 Å². The number of anilines is 1. The van der Waals surface area contributed by atoms with Crippen molar-refractivity contribution in [3.05, 3.63) is 22.7 Å². The maximum Gasteiger partial charge on any atom is 0.203 e. The van der Waals surface area contributed by atoms with E-state index in [9.17, 15) is 0 Å². The average Bonchev–Trinajstić information content (AvgIpc) is 2.84. The molecule has 0 aliphatic rings. The van der Waals surface area contributed by atoms with Gasteiger partial charge in [-0.3, -0.25) is 0 Å². The number of nitrogens with two attached hydrogens (primary N) is 1. The van der Waals surface area contributed by atoms with Gasteiger partial charge < -0.3 is 5.73 Å². The molecule has 0 saturated heterocycles. The molecule has 3 aromatic heterocycles. The molecule has 3 aromatic rings. The highest BCUT2D eigenvalue weighted by Gasteiger charge is 2.10. The fourth-order valence-corrected chi connectivity index (χ4v) is 4.18. The van der Waals surface area contributed by atoms with E-state index >= 15 is 0 Å². The third kappa shape index (κ3) is 2.23. The van der Waals surface area contributed by atoms with Crippen molar-refractivity contribution in [3.8, 4) is 0 Å². The highest BCUT2D eigenvalue weighted by Crippen LogP contribution is 2.38. The van der Waals surface area contributed by atoms with Gasteiger partial charge in [0.1, 0.15) is 4.83 Å². The van der Waals surface area contributed by atoms with Crippen molar-refractivity contribution in [1.29, 1.82) is 0 Å². The monoisotopic (exact) mass is 300 g/mol. The summed E-state index contributed by atoms with van der Waals surface area (Å²) in [6, 6.07) is 3.86. The standard InChI is InChI=1S/C9H5ClN4S3/c10-6-3-4-5(1-2-12-7(4)16-6)15-9-14-13-8(11)17-9/h1-3H,(H2,11,13). The van der Waals surface area contributed by atoms with E-state index in [1.165, 1.54) is 34.4 Å². The number of pyridine rings is 1. The van der Waals surface area contributed by atoms with E-state index in [0.717, 1.165) is 23.8 Å². The van der Waals surface area contributed by atoms with Gasteiger partial charge in [-0.05, 0) is 12.1 Å². The molecule has 3 rings (SSSR count). The zero-order chi connectivity index (χ0) is 11.8. The molecule has 0 aromatic carbocycles. The molecule has 0 aliphatic carbocycles. The molecule has 86 valence electrons. The van der Waals surface area contributed by atoms with Gasteiger partial charge in [0, 0.05) is 16.5 Å². The maximum absolute atomic E-state index is 5.99. The second kappa shape index (κ2) is 4.41. The number of hydrogen-bond donors (Lipinski definition) is 1. The van der Waals surface area contributed by atoms with Crippen molar-refractivity contribution in [2.45, 2.75) is 9.24 Å². The molecule has 4 nitrogen and oxygen atoms in total. The zero-order valence-electron chi connectivity index (χ0n) is 8.25. The number of halogens is 1. The van der Waals surface area contributed by atoms with Gasteiger partial charge in [0.15, 0.2) is 4.34 Å². The largest absolute Gasteiger partial charge is 0.374 e. The van der Waals surface area contributed by atoms with Gasteiger partial charge in [-0.2, -0.15) is 0 Å². The van der Waals surface area contributed by atoms with Crippen LogP contribution in [0.25, 0.3) is 10.2 Å². The summed E-state index contributed by atoms with van der Waals surface area (Å²) in [5.74, 6) is 0. The molecule has 0 aliphatic heterocycles. The number of thiophene rings is 1. The molecule has 0 amide bonds. The van der Waals surface area contributed by atoms with Crippen LogP contribution in [0.2, 0.25) is 4.34 Å². The first-order chi connectivity index (χ1) is 8.22. The molecule has 0 unspecified atom stereocenters. The minimum absolute atomic E-state index is 0.473. The number of fused-ring (bicyclic) bond motifs is 1. The smallest absolute Gasteiger partial charge is 0.203 e. The van der Waals surface area contributed by atoms with E-state index in [1.807, 2.05) is 12.1 Å². The van der Waals surface area contributed by atoms with Gasteiger partial charge in [-0.1, -0.05) is 34.7 Å². The summed E-state index contributed by atoms with van der Waals surface area (Å²) in [5.41, 5.74) is 5.55. The molecule has 2 N–H and O–H groups in total. The highest BCUT2D eigenvalue weighted by molar-refractivity contribution is 8.01. The van der Waals surface area contributed by atoms with Crippen LogP contribution in [0.4, 0.5) is 5.13 Å². The van der Waals surface area contributed by atoms with E-state index in [2.05, 4.69) is 15.2 Å². The van der Waals surface area contributed by atoms with Crippen molar-refractivity contribution < 1.29 is 0 Å². The summed E-state index contributed by atoms with van der Waals surface area (Å²) in [6.45, 7) is 0. The second-order valence-corrected chi connectivity index (χ2v) is 7.05. The first-order valence-corrected chi connectivity index (χ1v) is 7.36. The lowest BCUT2D eigenvalue weighted by molar-refractivity contribution is 1.02. The van der Waals surface area contributed by atoms with Gasteiger partial charge >= 0.3 is 0 Å². The molecule has 17 heavy (non-hydrogen) atoms. The van der Waals surface area contributed by atoms with Crippen LogP contribution in [0.3, 0.4) is 0 Å². The van der Waals surface area contributed by atoms with Crippen LogP contribution < -0.4 is 5.73 Å². The van der Waals surface area contributed by atoms with Crippen LogP contribution in [0.5, 0.6) is 0 Å². The van der Waals surface area contributed by atoms with E-state index in [4.69, 9.17) is 17.3 Å². The normalized spacial score (nSPS) is 11.1. The minimum Gasteiger partial charge on any atom is -0.374 e. The van der Waals surface area contributed by atoms with Crippen molar-refractivity contribution >= 4 is 61.4 Å². The van der Waals surface area contributed by atoms with Crippen LogP contribution in [-0.2, 0) is 0 Å². The summed E-state index contributed by atoms with van der Waals surface area (Å²) in [6.07, 6.45) is 1.77. The lowest BCUT2D eigenvalue weighted by Gasteiger charge is -1.97. The molecular weight excluding hydrogens is 296 g/mol. The molecule has 3 heterocycles. The Balaban J connectivity index is 2.05. The molecule has 0 fully saturated rings. The van der Waals surface area contributed by atoms with E-state index in [1.54, 1.807) is 6.20 Å². The number of nitrogens with zero attached hydrogens (tertiary/aromatic N) is 3. The van der Waals surface area contributed by atoms with Crippen LogP contribution in [-0.4, -0.2) is 15.2 Å². The average molecular weight is 301 g/mol. The number of aromatic nitrogens is 3. The Morgan fingerprint density at radius 3 is 2.94 bits per heavy atom. The Morgan fingerprint density at radius 2 is 2.18 bits per heavy atom. The number of rotatable bonds is 2. The van der Waals surface area contributed by atoms with Crippen LogP contribution in [0.15, 0.2) is 27.6 Å². The van der Waals surface area contributed by atoms with Crippen molar-refractivity contribution in [2.24, 2.45) is 0 Å².